The zero-order valence-electron chi connectivity index (χ0n) is 16.5. The van der Waals surface area contributed by atoms with Gasteiger partial charge in [0.25, 0.3) is 0 Å². The molecular weight excluding hydrogens is 344 g/mol. The maximum Gasteiger partial charge on any atom is 0.233 e. The number of hydrogen-bond donors (Lipinski definition) is 0. The lowest BCUT2D eigenvalue weighted by Crippen LogP contribution is -2.43. The van der Waals surface area contributed by atoms with E-state index in [9.17, 15) is 4.79 Å². The number of benzene rings is 1. The number of hydrogen-bond acceptors (Lipinski definition) is 4. The molecule has 5 nitrogen and oxygen atoms in total. The summed E-state index contributed by atoms with van der Waals surface area (Å²) < 4.78 is 2.12. The minimum Gasteiger partial charge on any atom is -0.337 e. The molecule has 1 amide bonds. The molecule has 142 valence electrons. The summed E-state index contributed by atoms with van der Waals surface area (Å²) in [7, 11) is 0. The molecule has 1 aromatic heterocycles. The third-order valence-electron chi connectivity index (χ3n) is 4.32. The van der Waals surface area contributed by atoms with Crippen LogP contribution in [0.1, 0.15) is 46.0 Å². The van der Waals surface area contributed by atoms with Gasteiger partial charge in [0.1, 0.15) is 5.82 Å². The van der Waals surface area contributed by atoms with Crippen molar-refractivity contribution in [3.8, 4) is 0 Å². The number of thioether (sulfide) groups is 1. The van der Waals surface area contributed by atoms with E-state index in [1.165, 1.54) is 17.3 Å². The van der Waals surface area contributed by atoms with E-state index in [-0.39, 0.29) is 18.0 Å². The van der Waals surface area contributed by atoms with Gasteiger partial charge in [-0.3, -0.25) is 4.79 Å². The number of carbonyl (C=O) groups excluding carboxylic acids is 1. The molecule has 0 aliphatic heterocycles. The van der Waals surface area contributed by atoms with E-state index in [0.29, 0.717) is 5.75 Å². The Bertz CT molecular complexity index is 689. The Morgan fingerprint density at radius 2 is 1.73 bits per heavy atom. The van der Waals surface area contributed by atoms with Crippen molar-refractivity contribution in [1.82, 2.24) is 19.7 Å². The van der Waals surface area contributed by atoms with Gasteiger partial charge in [0, 0.05) is 25.0 Å². The van der Waals surface area contributed by atoms with Gasteiger partial charge in [-0.15, -0.1) is 10.2 Å². The molecule has 2 rings (SSSR count). The number of aryl methyl sites for hydroxylation is 2. The van der Waals surface area contributed by atoms with Crippen LogP contribution in [0, 0.1) is 0 Å². The highest BCUT2D eigenvalue weighted by atomic mass is 32.2. The predicted octanol–water partition coefficient (Wildman–Crippen LogP) is 3.82. The average Bonchev–Trinajstić information content (AvgIpc) is 3.00. The van der Waals surface area contributed by atoms with Crippen molar-refractivity contribution in [3.63, 3.8) is 0 Å². The molecule has 26 heavy (non-hydrogen) atoms. The fourth-order valence-corrected chi connectivity index (χ4v) is 4.09. The second kappa shape index (κ2) is 9.76. The summed E-state index contributed by atoms with van der Waals surface area (Å²) in [5, 5.41) is 9.52. The molecule has 0 N–H and O–H groups in total. The summed E-state index contributed by atoms with van der Waals surface area (Å²) >= 11 is 1.48. The Hall–Kier alpha value is -1.82. The van der Waals surface area contributed by atoms with E-state index in [2.05, 4.69) is 73.6 Å². The highest BCUT2D eigenvalue weighted by molar-refractivity contribution is 7.99. The molecule has 0 fully saturated rings. The van der Waals surface area contributed by atoms with Gasteiger partial charge in [0.2, 0.25) is 5.91 Å². The lowest BCUT2D eigenvalue weighted by atomic mass is 10.1. The Morgan fingerprint density at radius 3 is 2.31 bits per heavy atom. The summed E-state index contributed by atoms with van der Waals surface area (Å²) in [6.07, 6.45) is 1.79. The minimum atomic E-state index is 0.150. The summed E-state index contributed by atoms with van der Waals surface area (Å²) in [5.74, 6) is 1.53. The van der Waals surface area contributed by atoms with Crippen molar-refractivity contribution in [2.24, 2.45) is 0 Å². The van der Waals surface area contributed by atoms with Crippen LogP contribution in [0.25, 0.3) is 0 Å². The van der Waals surface area contributed by atoms with Crippen LogP contribution in [0.2, 0.25) is 0 Å². The molecule has 0 radical (unpaired) electrons. The number of aromatic nitrogens is 3. The normalized spacial score (nSPS) is 11.3. The highest BCUT2D eigenvalue weighted by Crippen LogP contribution is 2.20. The molecule has 1 aromatic carbocycles. The van der Waals surface area contributed by atoms with Crippen LogP contribution in [0.3, 0.4) is 0 Å². The van der Waals surface area contributed by atoms with Gasteiger partial charge in [-0.2, -0.15) is 0 Å². The minimum absolute atomic E-state index is 0.150. The van der Waals surface area contributed by atoms with E-state index in [1.807, 2.05) is 11.0 Å². The zero-order valence-corrected chi connectivity index (χ0v) is 17.3. The van der Waals surface area contributed by atoms with E-state index < -0.39 is 0 Å². The quantitative estimate of drug-likeness (QED) is 0.626. The molecule has 1 heterocycles. The van der Waals surface area contributed by atoms with Crippen molar-refractivity contribution in [1.29, 1.82) is 0 Å². The van der Waals surface area contributed by atoms with Crippen LogP contribution >= 0.6 is 11.8 Å². The molecule has 0 saturated heterocycles. The van der Waals surface area contributed by atoms with Gasteiger partial charge in [-0.05, 0) is 46.6 Å². The molecular formula is C20H30N4OS. The summed E-state index contributed by atoms with van der Waals surface area (Å²) in [6.45, 7) is 11.1. The zero-order chi connectivity index (χ0) is 19.1. The molecule has 0 unspecified atom stereocenters. The van der Waals surface area contributed by atoms with E-state index in [4.69, 9.17) is 0 Å². The molecule has 0 spiro atoms. The highest BCUT2D eigenvalue weighted by Gasteiger charge is 2.21. The van der Waals surface area contributed by atoms with Gasteiger partial charge in [-0.1, -0.05) is 42.1 Å². The first-order chi connectivity index (χ1) is 12.4. The Morgan fingerprint density at radius 1 is 1.08 bits per heavy atom. The number of rotatable bonds is 9. The van der Waals surface area contributed by atoms with Crippen LogP contribution in [0.15, 0.2) is 35.5 Å². The standard InChI is InChI=1S/C20H30N4OS/c1-6-23-18(13-12-17-10-8-7-9-11-17)21-22-20(23)26-14-19(25)24(15(2)3)16(4)5/h7-11,15-16H,6,12-14H2,1-5H3. The van der Waals surface area contributed by atoms with Crippen LogP contribution in [0.4, 0.5) is 0 Å². The molecule has 0 atom stereocenters. The number of amides is 1. The number of nitrogens with zero attached hydrogens (tertiary/aromatic N) is 4. The van der Waals surface area contributed by atoms with Crippen molar-refractivity contribution < 1.29 is 4.79 Å². The van der Waals surface area contributed by atoms with Crippen LogP contribution in [-0.4, -0.2) is 43.4 Å². The molecule has 2 aromatic rings. The van der Waals surface area contributed by atoms with Gasteiger partial charge in [0.05, 0.1) is 5.75 Å². The Labute approximate surface area is 161 Å². The first-order valence-corrected chi connectivity index (χ1v) is 10.3. The third kappa shape index (κ3) is 5.34. The lowest BCUT2D eigenvalue weighted by Gasteiger charge is -2.30. The predicted molar refractivity (Wildman–Crippen MR) is 107 cm³/mol. The smallest absolute Gasteiger partial charge is 0.233 e. The van der Waals surface area contributed by atoms with Crippen LogP contribution in [-0.2, 0) is 24.2 Å². The number of carbonyl (C=O) groups is 1. The maximum absolute atomic E-state index is 12.6. The van der Waals surface area contributed by atoms with E-state index in [0.717, 1.165) is 30.4 Å². The largest absolute Gasteiger partial charge is 0.337 e. The fraction of sp³-hybridized carbons (Fsp3) is 0.550. The fourth-order valence-electron chi connectivity index (χ4n) is 3.20. The van der Waals surface area contributed by atoms with Gasteiger partial charge in [0.15, 0.2) is 5.16 Å². The molecule has 0 aliphatic carbocycles. The van der Waals surface area contributed by atoms with Crippen molar-refractivity contribution in [2.75, 3.05) is 5.75 Å². The van der Waals surface area contributed by atoms with Crippen LogP contribution < -0.4 is 0 Å². The van der Waals surface area contributed by atoms with Gasteiger partial charge in [-0.25, -0.2) is 0 Å². The summed E-state index contributed by atoms with van der Waals surface area (Å²) in [4.78, 5) is 14.5. The second-order valence-electron chi connectivity index (χ2n) is 6.91. The average molecular weight is 375 g/mol. The molecule has 6 heteroatoms. The van der Waals surface area contributed by atoms with Crippen molar-refractivity contribution in [2.45, 2.75) is 71.2 Å². The first kappa shape index (κ1) is 20.5. The SMILES string of the molecule is CCn1c(CCc2ccccc2)nnc1SCC(=O)N(C(C)C)C(C)C. The lowest BCUT2D eigenvalue weighted by molar-refractivity contribution is -0.131. The second-order valence-corrected chi connectivity index (χ2v) is 7.85. The topological polar surface area (TPSA) is 51.0 Å². The Kier molecular flexibility index (Phi) is 7.69. The summed E-state index contributed by atoms with van der Waals surface area (Å²) in [6, 6.07) is 10.8. The monoisotopic (exact) mass is 374 g/mol. The van der Waals surface area contributed by atoms with Crippen molar-refractivity contribution >= 4 is 17.7 Å². The van der Waals surface area contributed by atoms with Crippen LogP contribution in [0.5, 0.6) is 0 Å². The maximum atomic E-state index is 12.6. The third-order valence-corrected chi connectivity index (χ3v) is 5.27. The Balaban J connectivity index is 2.00. The van der Waals surface area contributed by atoms with E-state index in [1.54, 1.807) is 0 Å². The molecule has 0 aliphatic rings. The molecule has 0 saturated carbocycles. The van der Waals surface area contributed by atoms with E-state index >= 15 is 0 Å². The summed E-state index contributed by atoms with van der Waals surface area (Å²) in [5.41, 5.74) is 1.30. The first-order valence-electron chi connectivity index (χ1n) is 9.34. The molecule has 0 bridgehead atoms. The van der Waals surface area contributed by atoms with Gasteiger partial charge >= 0.3 is 0 Å². The van der Waals surface area contributed by atoms with Gasteiger partial charge < -0.3 is 9.47 Å². The van der Waals surface area contributed by atoms with Crippen molar-refractivity contribution in [3.05, 3.63) is 41.7 Å².